The van der Waals surface area contributed by atoms with E-state index >= 15 is 0 Å². The summed E-state index contributed by atoms with van der Waals surface area (Å²) in [5, 5.41) is 6.65. The molecule has 35 heavy (non-hydrogen) atoms. The molecule has 0 atom stereocenters. The van der Waals surface area contributed by atoms with Crippen molar-refractivity contribution in [1.29, 1.82) is 0 Å². The number of hydrogen-bond acceptors (Lipinski definition) is 9. The molecule has 0 saturated heterocycles. The number of unbranched alkanes of at least 4 members (excludes halogenated alkanes) is 1. The lowest BCUT2D eigenvalue weighted by Crippen LogP contribution is -2.19. The molecular weight excluding hydrogens is 528 g/mol. The lowest BCUT2D eigenvalue weighted by Gasteiger charge is -2.15. The van der Waals surface area contributed by atoms with Crippen molar-refractivity contribution in [3.05, 3.63) is 53.1 Å². The molecule has 0 unspecified atom stereocenters. The molecule has 1 aromatic heterocycles. The fourth-order valence-corrected chi connectivity index (χ4v) is 4.12. The number of aromatic nitrogens is 2. The smallest absolute Gasteiger partial charge is 0.229 e. The van der Waals surface area contributed by atoms with E-state index in [9.17, 15) is 0 Å². The molecule has 0 aliphatic rings. The van der Waals surface area contributed by atoms with Crippen molar-refractivity contribution in [2.45, 2.75) is 24.7 Å². The molecule has 188 valence electrons. The van der Waals surface area contributed by atoms with Crippen LogP contribution >= 0.6 is 27.9 Å². The molecule has 0 aliphatic heterocycles. The average molecular weight is 562 g/mol. The lowest BCUT2D eigenvalue weighted by atomic mass is 10.2. The first-order valence-electron chi connectivity index (χ1n) is 11.5. The predicted molar refractivity (Wildman–Crippen MR) is 149 cm³/mol. The van der Waals surface area contributed by atoms with Crippen LogP contribution in [0.4, 0.5) is 23.1 Å². The highest BCUT2D eigenvalue weighted by Crippen LogP contribution is 2.33. The third kappa shape index (κ3) is 8.28. The Labute approximate surface area is 220 Å². The summed E-state index contributed by atoms with van der Waals surface area (Å²) in [5.41, 5.74) is 1.67. The van der Waals surface area contributed by atoms with Crippen LogP contribution in [0.3, 0.4) is 0 Å². The van der Waals surface area contributed by atoms with Gasteiger partial charge in [0.15, 0.2) is 0 Å². The fraction of sp³-hybridized carbons (Fsp3) is 0.360. The molecule has 2 aromatic carbocycles. The number of methoxy groups -OCH3 is 1. The summed E-state index contributed by atoms with van der Waals surface area (Å²) in [7, 11) is 5.66. The maximum absolute atomic E-state index is 5.97. The normalized spacial score (nSPS) is 10.9. The highest BCUT2D eigenvalue weighted by Gasteiger charge is 2.12. The summed E-state index contributed by atoms with van der Waals surface area (Å²) in [6, 6.07) is 13.7. The van der Waals surface area contributed by atoms with Gasteiger partial charge in [-0.05, 0) is 92.2 Å². The summed E-state index contributed by atoms with van der Waals surface area (Å²) >= 11 is 5.08. The van der Waals surface area contributed by atoms with Crippen molar-refractivity contribution in [2.24, 2.45) is 0 Å². The van der Waals surface area contributed by atoms with Gasteiger partial charge in [-0.1, -0.05) is 19.1 Å². The SMILES string of the molecule is CCN(C)CCCCOc1ccc(OC)c(Nc2ncc(Br)c(Nc3ccccc3SNC)n2)c1. The summed E-state index contributed by atoms with van der Waals surface area (Å²) < 4.78 is 15.4. The highest BCUT2D eigenvalue weighted by molar-refractivity contribution is 9.10. The summed E-state index contributed by atoms with van der Waals surface area (Å²) in [5.74, 6) is 2.53. The first-order valence-corrected chi connectivity index (χ1v) is 13.1. The molecule has 1 heterocycles. The van der Waals surface area contributed by atoms with Gasteiger partial charge in [-0.2, -0.15) is 4.98 Å². The molecule has 0 aliphatic carbocycles. The van der Waals surface area contributed by atoms with Crippen LogP contribution in [0.2, 0.25) is 0 Å². The predicted octanol–water partition coefficient (Wildman–Crippen LogP) is 6.07. The quantitative estimate of drug-likeness (QED) is 0.160. The average Bonchev–Trinajstić information content (AvgIpc) is 2.87. The standard InChI is InChI=1S/C25H33BrN6O2S/c1-5-32(3)14-8-9-15-34-18-12-13-22(33-4)21(16-18)30-25-28-17-19(26)24(31-25)29-20-10-6-7-11-23(20)35-27-2/h6-7,10-13,16-17,27H,5,8-9,14-15H2,1-4H3,(H2,28,29,30,31). The van der Waals surface area contributed by atoms with Crippen molar-refractivity contribution in [2.75, 3.05) is 51.5 Å². The van der Waals surface area contributed by atoms with Crippen LogP contribution in [0.25, 0.3) is 0 Å². The minimum absolute atomic E-state index is 0.438. The van der Waals surface area contributed by atoms with Gasteiger partial charge in [0.25, 0.3) is 0 Å². The number of anilines is 4. The van der Waals surface area contributed by atoms with Crippen LogP contribution in [0, 0.1) is 0 Å². The van der Waals surface area contributed by atoms with E-state index in [1.165, 1.54) is 11.9 Å². The Balaban J connectivity index is 1.70. The molecule has 10 heteroatoms. The molecule has 0 spiro atoms. The Bertz CT molecular complexity index is 1090. The number of benzene rings is 2. The van der Waals surface area contributed by atoms with Gasteiger partial charge in [0.1, 0.15) is 17.3 Å². The fourth-order valence-electron chi connectivity index (χ4n) is 3.24. The second-order valence-corrected chi connectivity index (χ2v) is 9.66. The summed E-state index contributed by atoms with van der Waals surface area (Å²) in [6.45, 7) is 4.96. The summed E-state index contributed by atoms with van der Waals surface area (Å²) in [6.07, 6.45) is 3.81. The van der Waals surface area contributed by atoms with E-state index in [1.54, 1.807) is 13.3 Å². The van der Waals surface area contributed by atoms with Gasteiger partial charge in [0.05, 0.1) is 29.6 Å². The monoisotopic (exact) mass is 560 g/mol. The molecule has 3 N–H and O–H groups in total. The van der Waals surface area contributed by atoms with Crippen LogP contribution in [-0.4, -0.2) is 55.8 Å². The summed E-state index contributed by atoms with van der Waals surface area (Å²) in [4.78, 5) is 12.5. The lowest BCUT2D eigenvalue weighted by molar-refractivity contribution is 0.283. The highest BCUT2D eigenvalue weighted by atomic mass is 79.9. The Morgan fingerprint density at radius 3 is 2.69 bits per heavy atom. The van der Waals surface area contributed by atoms with Crippen LogP contribution in [-0.2, 0) is 0 Å². The zero-order chi connectivity index (χ0) is 25.0. The van der Waals surface area contributed by atoms with Crippen LogP contribution < -0.4 is 24.8 Å². The number of nitrogens with zero attached hydrogens (tertiary/aromatic N) is 3. The molecule has 0 fully saturated rings. The topological polar surface area (TPSA) is 83.6 Å². The minimum Gasteiger partial charge on any atom is -0.495 e. The Hall–Kier alpha value is -2.53. The van der Waals surface area contributed by atoms with E-state index in [1.807, 2.05) is 49.5 Å². The van der Waals surface area contributed by atoms with Gasteiger partial charge in [-0.15, -0.1) is 0 Å². The van der Waals surface area contributed by atoms with Gasteiger partial charge >= 0.3 is 0 Å². The van der Waals surface area contributed by atoms with E-state index in [0.29, 0.717) is 24.1 Å². The Morgan fingerprint density at radius 1 is 1.09 bits per heavy atom. The zero-order valence-corrected chi connectivity index (χ0v) is 23.0. The second kappa shape index (κ2) is 14.1. The molecule has 0 amide bonds. The molecule has 0 bridgehead atoms. The second-order valence-electron chi connectivity index (χ2n) is 7.76. The van der Waals surface area contributed by atoms with E-state index in [4.69, 9.17) is 9.47 Å². The van der Waals surface area contributed by atoms with Crippen molar-refractivity contribution in [1.82, 2.24) is 19.6 Å². The van der Waals surface area contributed by atoms with Crippen molar-refractivity contribution < 1.29 is 9.47 Å². The van der Waals surface area contributed by atoms with Gasteiger partial charge in [-0.3, -0.25) is 4.72 Å². The number of halogens is 1. The van der Waals surface area contributed by atoms with Gasteiger partial charge < -0.3 is 25.0 Å². The largest absolute Gasteiger partial charge is 0.495 e. The molecule has 8 nitrogen and oxygen atoms in total. The van der Waals surface area contributed by atoms with Gasteiger partial charge in [0.2, 0.25) is 5.95 Å². The first-order chi connectivity index (χ1) is 17.0. The molecular formula is C25H33BrN6O2S. The third-order valence-electron chi connectivity index (χ3n) is 5.26. The van der Waals surface area contributed by atoms with E-state index < -0.39 is 0 Å². The van der Waals surface area contributed by atoms with Gasteiger partial charge in [-0.25, -0.2) is 4.98 Å². The van der Waals surface area contributed by atoms with E-state index in [-0.39, 0.29) is 0 Å². The number of hydrogen-bond donors (Lipinski definition) is 3. The number of ether oxygens (including phenoxy) is 2. The van der Waals surface area contributed by atoms with Crippen molar-refractivity contribution >= 4 is 51.0 Å². The van der Waals surface area contributed by atoms with Crippen LogP contribution in [0.5, 0.6) is 11.5 Å². The molecule has 0 radical (unpaired) electrons. The number of para-hydroxylation sites is 1. The maximum atomic E-state index is 5.97. The van der Waals surface area contributed by atoms with Crippen LogP contribution in [0.1, 0.15) is 19.8 Å². The van der Waals surface area contributed by atoms with Crippen molar-refractivity contribution in [3.63, 3.8) is 0 Å². The maximum Gasteiger partial charge on any atom is 0.229 e. The van der Waals surface area contributed by atoms with Crippen molar-refractivity contribution in [3.8, 4) is 11.5 Å². The minimum atomic E-state index is 0.438. The number of rotatable bonds is 14. The zero-order valence-electron chi connectivity index (χ0n) is 20.6. The first kappa shape index (κ1) is 27.1. The van der Waals surface area contributed by atoms with E-state index in [0.717, 1.165) is 52.4 Å². The number of nitrogens with one attached hydrogen (secondary N) is 3. The van der Waals surface area contributed by atoms with Gasteiger partial charge in [0, 0.05) is 17.2 Å². The molecule has 0 saturated carbocycles. The molecule has 3 aromatic rings. The van der Waals surface area contributed by atoms with Crippen LogP contribution in [0.15, 0.2) is 58.0 Å². The third-order valence-corrected chi connectivity index (χ3v) is 6.62. The Kier molecular flexibility index (Phi) is 10.9. The molecule has 3 rings (SSSR count). The van der Waals surface area contributed by atoms with E-state index in [2.05, 4.69) is 60.1 Å². The Morgan fingerprint density at radius 2 is 1.91 bits per heavy atom.